The zero-order valence-corrected chi connectivity index (χ0v) is 9.10. The molecule has 0 radical (unpaired) electrons. The fourth-order valence-corrected chi connectivity index (χ4v) is 1.90. The third kappa shape index (κ3) is 4.07. The van der Waals surface area contributed by atoms with Gasteiger partial charge in [-0.1, -0.05) is 0 Å². The predicted molar refractivity (Wildman–Crippen MR) is 51.6 cm³/mol. The minimum absolute atomic E-state index is 0.0283. The van der Waals surface area contributed by atoms with Gasteiger partial charge in [0.1, 0.15) is 5.78 Å². The zero-order valence-electron chi connectivity index (χ0n) is 9.10. The van der Waals surface area contributed by atoms with Crippen LogP contribution in [0.2, 0.25) is 0 Å². The van der Waals surface area contributed by atoms with E-state index in [1.165, 1.54) is 7.11 Å². The summed E-state index contributed by atoms with van der Waals surface area (Å²) >= 11 is 0. The second-order valence-electron chi connectivity index (χ2n) is 3.68. The normalized spacial score (nSPS) is 24.5. The molecule has 0 spiro atoms. The summed E-state index contributed by atoms with van der Waals surface area (Å²) in [7, 11) is 1.42. The van der Waals surface area contributed by atoms with Gasteiger partial charge in [0.2, 0.25) is 0 Å². The SMILES string of the molecule is COC(=O)C1CCC(C(C)=O)CC1.N#N. The van der Waals surface area contributed by atoms with Gasteiger partial charge in [-0.05, 0) is 32.6 Å². The molecule has 0 aromatic rings. The van der Waals surface area contributed by atoms with Crippen molar-refractivity contribution in [3.05, 3.63) is 0 Å². The van der Waals surface area contributed by atoms with Crippen LogP contribution in [0.1, 0.15) is 32.6 Å². The molecule has 0 amide bonds. The number of carbonyl (C=O) groups is 2. The van der Waals surface area contributed by atoms with Crippen molar-refractivity contribution < 1.29 is 14.3 Å². The van der Waals surface area contributed by atoms with Crippen LogP contribution in [-0.2, 0) is 14.3 Å². The largest absolute Gasteiger partial charge is 0.469 e. The van der Waals surface area contributed by atoms with Crippen LogP contribution in [0.4, 0.5) is 0 Å². The number of hydrogen-bond acceptors (Lipinski definition) is 5. The van der Waals surface area contributed by atoms with E-state index >= 15 is 0 Å². The molecule has 0 atom stereocenters. The Labute approximate surface area is 89.2 Å². The van der Waals surface area contributed by atoms with Crippen LogP contribution in [0.15, 0.2) is 0 Å². The van der Waals surface area contributed by atoms with E-state index in [2.05, 4.69) is 4.74 Å². The van der Waals surface area contributed by atoms with Crippen molar-refractivity contribution in [2.45, 2.75) is 32.6 Å². The highest BCUT2D eigenvalue weighted by atomic mass is 16.5. The van der Waals surface area contributed by atoms with Gasteiger partial charge in [0.15, 0.2) is 0 Å². The Balaban J connectivity index is 0.000000921. The van der Waals surface area contributed by atoms with Gasteiger partial charge in [-0.2, -0.15) is 0 Å². The molecule has 5 nitrogen and oxygen atoms in total. The summed E-state index contributed by atoms with van der Waals surface area (Å²) in [6, 6.07) is 0. The molecule has 0 aromatic carbocycles. The molecule has 15 heavy (non-hydrogen) atoms. The fraction of sp³-hybridized carbons (Fsp3) is 0.800. The highest BCUT2D eigenvalue weighted by Gasteiger charge is 2.28. The van der Waals surface area contributed by atoms with Crippen molar-refractivity contribution in [1.82, 2.24) is 0 Å². The van der Waals surface area contributed by atoms with E-state index in [1.807, 2.05) is 0 Å². The minimum Gasteiger partial charge on any atom is -0.469 e. The number of carbonyl (C=O) groups excluding carboxylic acids is 2. The van der Waals surface area contributed by atoms with Gasteiger partial charge >= 0.3 is 5.97 Å². The topological polar surface area (TPSA) is 90.9 Å². The van der Waals surface area contributed by atoms with Gasteiger partial charge in [0.05, 0.1) is 13.0 Å². The standard InChI is InChI=1S/C10H16O3.N2/c1-7(11)8-3-5-9(6-4-8)10(12)13-2;1-2/h8-9H,3-6H2,1-2H3;. The van der Waals surface area contributed by atoms with Crippen LogP contribution in [0.5, 0.6) is 0 Å². The van der Waals surface area contributed by atoms with Crippen molar-refractivity contribution >= 4 is 11.8 Å². The Bertz CT molecular complexity index is 242. The fourth-order valence-electron chi connectivity index (χ4n) is 1.90. The summed E-state index contributed by atoms with van der Waals surface area (Å²) in [5.41, 5.74) is 0. The lowest BCUT2D eigenvalue weighted by Crippen LogP contribution is -2.25. The maximum Gasteiger partial charge on any atom is 0.308 e. The van der Waals surface area contributed by atoms with Crippen molar-refractivity contribution in [3.8, 4) is 0 Å². The summed E-state index contributed by atoms with van der Waals surface area (Å²) < 4.78 is 4.66. The molecule has 0 heterocycles. The second-order valence-corrected chi connectivity index (χ2v) is 3.68. The first kappa shape index (κ1) is 13.6. The van der Waals surface area contributed by atoms with Crippen molar-refractivity contribution in [1.29, 1.82) is 10.8 Å². The highest BCUT2D eigenvalue weighted by molar-refractivity contribution is 5.79. The predicted octanol–water partition coefficient (Wildman–Crippen LogP) is 1.58. The van der Waals surface area contributed by atoms with Gasteiger partial charge in [-0.25, -0.2) is 0 Å². The van der Waals surface area contributed by atoms with E-state index < -0.39 is 0 Å². The Morgan fingerprint density at radius 3 is 1.80 bits per heavy atom. The number of nitrogens with zero attached hydrogens (tertiary/aromatic N) is 2. The molecule has 0 aromatic heterocycles. The maximum absolute atomic E-state index is 11.1. The number of ether oxygens (including phenoxy) is 1. The third-order valence-electron chi connectivity index (χ3n) is 2.84. The third-order valence-corrected chi connectivity index (χ3v) is 2.84. The van der Waals surface area contributed by atoms with Crippen LogP contribution in [0.25, 0.3) is 0 Å². The Morgan fingerprint density at radius 2 is 1.47 bits per heavy atom. The van der Waals surface area contributed by atoms with Crippen LogP contribution in [-0.4, -0.2) is 18.9 Å². The summed E-state index contributed by atoms with van der Waals surface area (Å²) in [4.78, 5) is 22.2. The summed E-state index contributed by atoms with van der Waals surface area (Å²) in [6.07, 6.45) is 3.29. The average molecular weight is 212 g/mol. The first-order chi connectivity index (χ1) is 7.15. The lowest BCUT2D eigenvalue weighted by Gasteiger charge is -2.24. The van der Waals surface area contributed by atoms with Crippen LogP contribution >= 0.6 is 0 Å². The minimum atomic E-state index is -0.123. The molecular formula is C10H16N2O3. The van der Waals surface area contributed by atoms with E-state index in [4.69, 9.17) is 10.8 Å². The molecule has 0 aliphatic heterocycles. The molecule has 84 valence electrons. The molecule has 1 aliphatic rings. The van der Waals surface area contributed by atoms with Gasteiger partial charge < -0.3 is 4.74 Å². The van der Waals surface area contributed by atoms with E-state index in [0.29, 0.717) is 0 Å². The smallest absolute Gasteiger partial charge is 0.308 e. The molecule has 1 rings (SSSR count). The zero-order chi connectivity index (χ0) is 11.8. The lowest BCUT2D eigenvalue weighted by molar-refractivity contribution is -0.147. The van der Waals surface area contributed by atoms with Crippen LogP contribution in [0, 0.1) is 22.6 Å². The van der Waals surface area contributed by atoms with Gasteiger partial charge in [-0.3, -0.25) is 9.59 Å². The van der Waals surface area contributed by atoms with Crippen molar-refractivity contribution in [3.63, 3.8) is 0 Å². The Hall–Kier alpha value is -1.44. The van der Waals surface area contributed by atoms with Crippen molar-refractivity contribution in [2.24, 2.45) is 11.8 Å². The summed E-state index contributed by atoms with van der Waals surface area (Å²) in [5.74, 6) is 0.340. The molecule has 0 N–H and O–H groups in total. The number of ketones is 1. The molecule has 5 heteroatoms. The van der Waals surface area contributed by atoms with Crippen LogP contribution < -0.4 is 0 Å². The molecular weight excluding hydrogens is 196 g/mol. The van der Waals surface area contributed by atoms with Gasteiger partial charge in [0.25, 0.3) is 0 Å². The average Bonchev–Trinajstić information content (AvgIpc) is 2.31. The number of Topliss-reactive ketones (excluding diaryl/α,β-unsaturated/α-hetero) is 1. The monoisotopic (exact) mass is 212 g/mol. The van der Waals surface area contributed by atoms with E-state index in [-0.39, 0.29) is 23.6 Å². The second kappa shape index (κ2) is 6.93. The van der Waals surface area contributed by atoms with Gasteiger partial charge in [-0.15, -0.1) is 0 Å². The molecule has 0 unspecified atom stereocenters. The Morgan fingerprint density at radius 1 is 1.07 bits per heavy atom. The Kier molecular flexibility index (Phi) is 6.27. The summed E-state index contributed by atoms with van der Waals surface area (Å²) in [5, 5.41) is 12.0. The first-order valence-electron chi connectivity index (χ1n) is 4.93. The van der Waals surface area contributed by atoms with Crippen molar-refractivity contribution in [2.75, 3.05) is 7.11 Å². The van der Waals surface area contributed by atoms with Gasteiger partial charge in [0, 0.05) is 16.7 Å². The quantitative estimate of drug-likeness (QED) is 0.512. The maximum atomic E-state index is 11.1. The highest BCUT2D eigenvalue weighted by Crippen LogP contribution is 2.29. The molecule has 0 bridgehead atoms. The number of methoxy groups -OCH3 is 1. The summed E-state index contributed by atoms with van der Waals surface area (Å²) in [6.45, 7) is 1.63. The number of hydrogen-bond donors (Lipinski definition) is 0. The van der Waals surface area contributed by atoms with Crippen LogP contribution in [0.3, 0.4) is 0 Å². The molecule has 0 saturated heterocycles. The number of rotatable bonds is 2. The van der Waals surface area contributed by atoms with E-state index in [1.54, 1.807) is 6.92 Å². The van der Waals surface area contributed by atoms with E-state index in [9.17, 15) is 9.59 Å². The molecule has 1 aliphatic carbocycles. The number of esters is 1. The van der Waals surface area contributed by atoms with E-state index in [0.717, 1.165) is 25.7 Å². The first-order valence-corrected chi connectivity index (χ1v) is 4.93. The molecule has 1 saturated carbocycles. The molecule has 1 fully saturated rings. The lowest BCUT2D eigenvalue weighted by atomic mass is 9.80.